The number of hydrogen-bond donors (Lipinski definition) is 2. The number of nitrogens with one attached hydrogen (secondary N) is 1. The number of halogens is 1. The third-order valence-electron chi connectivity index (χ3n) is 4.44. The maximum Gasteiger partial charge on any atom is 0.342 e. The number of thioether (sulfide) groups is 1. The van der Waals surface area contributed by atoms with Crippen molar-refractivity contribution in [1.29, 1.82) is 0 Å². The number of aryl methyl sites for hydroxylation is 1. The summed E-state index contributed by atoms with van der Waals surface area (Å²) in [5.74, 6) is -0.474. The number of aliphatic carboxylic acids is 1. The van der Waals surface area contributed by atoms with Crippen LogP contribution < -0.4 is 0 Å². The quantitative estimate of drug-likeness (QED) is 0.323. The number of H-pyrrole nitrogens is 1. The molecule has 2 aromatic heterocycles. The van der Waals surface area contributed by atoms with Crippen molar-refractivity contribution in [2.45, 2.75) is 18.6 Å². The van der Waals surface area contributed by atoms with Crippen LogP contribution in [0.1, 0.15) is 12.5 Å². The largest absolute Gasteiger partial charge is 0.477 e. The molecule has 0 radical (unpaired) electrons. The van der Waals surface area contributed by atoms with E-state index in [1.807, 2.05) is 42.6 Å². The van der Waals surface area contributed by atoms with Gasteiger partial charge in [0.15, 0.2) is 5.82 Å². The average molecular weight is 425 g/mol. The van der Waals surface area contributed by atoms with Gasteiger partial charge >= 0.3 is 5.97 Å². The molecule has 0 amide bonds. The molecule has 2 N–H and O–H groups in total. The molecule has 4 rings (SSSR count). The zero-order chi connectivity index (χ0) is 20.4. The third kappa shape index (κ3) is 4.06. The van der Waals surface area contributed by atoms with Crippen LogP contribution in [-0.2, 0) is 11.3 Å². The van der Waals surface area contributed by atoms with E-state index in [9.17, 15) is 9.90 Å². The van der Waals surface area contributed by atoms with Gasteiger partial charge in [-0.2, -0.15) is 0 Å². The number of benzene rings is 2. The third-order valence-corrected chi connectivity index (χ3v) is 5.57. The molecule has 29 heavy (non-hydrogen) atoms. The number of carbonyl (C=O) groups is 1. The van der Waals surface area contributed by atoms with Crippen molar-refractivity contribution in [3.05, 3.63) is 70.2 Å². The summed E-state index contributed by atoms with van der Waals surface area (Å²) >= 11 is 6.92. The number of carboxylic acids is 1. The molecule has 2 aromatic carbocycles. The highest BCUT2D eigenvalue weighted by atomic mass is 35.5. The van der Waals surface area contributed by atoms with Gasteiger partial charge in [-0.3, -0.25) is 5.10 Å². The van der Waals surface area contributed by atoms with E-state index in [0.717, 1.165) is 40.3 Å². The lowest BCUT2D eigenvalue weighted by Gasteiger charge is -1.99. The van der Waals surface area contributed by atoms with E-state index < -0.39 is 5.97 Å². The van der Waals surface area contributed by atoms with E-state index in [1.54, 1.807) is 18.2 Å². The van der Waals surface area contributed by atoms with E-state index in [0.29, 0.717) is 16.0 Å². The van der Waals surface area contributed by atoms with Gasteiger partial charge in [-0.15, -0.1) is 5.10 Å². The lowest BCUT2D eigenvalue weighted by Crippen LogP contribution is -1.97. The first-order valence-corrected chi connectivity index (χ1v) is 10.1. The van der Waals surface area contributed by atoms with Gasteiger partial charge in [0.1, 0.15) is 4.91 Å². The first-order valence-electron chi connectivity index (χ1n) is 8.94. The number of rotatable bonds is 6. The van der Waals surface area contributed by atoms with E-state index >= 15 is 0 Å². The van der Waals surface area contributed by atoms with E-state index in [1.165, 1.54) is 0 Å². The number of aromatic amines is 1. The van der Waals surface area contributed by atoms with Gasteiger partial charge in [-0.05, 0) is 55.1 Å². The zero-order valence-electron chi connectivity index (χ0n) is 15.5. The molecule has 2 heterocycles. The fourth-order valence-corrected chi connectivity index (χ4v) is 3.88. The minimum atomic E-state index is -1.03. The van der Waals surface area contributed by atoms with Crippen molar-refractivity contribution in [2.75, 3.05) is 0 Å². The summed E-state index contributed by atoms with van der Waals surface area (Å²) in [6.45, 7) is 2.86. The first kappa shape index (κ1) is 19.3. The molecule has 0 aliphatic heterocycles. The second-order valence-corrected chi connectivity index (χ2v) is 7.72. The molecule has 0 saturated heterocycles. The Hall–Kier alpha value is -3.03. The Balaban J connectivity index is 1.66. The summed E-state index contributed by atoms with van der Waals surface area (Å²) in [5, 5.41) is 18.7. The van der Waals surface area contributed by atoms with Gasteiger partial charge in [-0.25, -0.2) is 9.78 Å². The van der Waals surface area contributed by atoms with Crippen LogP contribution >= 0.6 is 23.4 Å². The number of aromatic nitrogens is 4. The number of para-hydroxylation sites is 1. The van der Waals surface area contributed by atoms with Crippen molar-refractivity contribution in [1.82, 2.24) is 19.7 Å². The molecule has 0 bridgehead atoms. The molecule has 0 unspecified atom stereocenters. The summed E-state index contributed by atoms with van der Waals surface area (Å²) < 4.78 is 2.09. The predicted octanol–water partition coefficient (Wildman–Crippen LogP) is 5.32. The van der Waals surface area contributed by atoms with Crippen LogP contribution in [0.15, 0.2) is 64.8 Å². The monoisotopic (exact) mass is 424 g/mol. The highest BCUT2D eigenvalue weighted by Crippen LogP contribution is 2.30. The molecule has 0 fully saturated rings. The number of nitrogens with zero attached hydrogens (tertiary/aromatic N) is 3. The van der Waals surface area contributed by atoms with Crippen molar-refractivity contribution < 1.29 is 9.90 Å². The van der Waals surface area contributed by atoms with Gasteiger partial charge < -0.3 is 9.67 Å². The molecule has 6 nitrogen and oxygen atoms in total. The maximum atomic E-state index is 11.9. The Labute approximate surface area is 176 Å². The first-order chi connectivity index (χ1) is 14.0. The second-order valence-electron chi connectivity index (χ2n) is 6.28. The lowest BCUT2D eigenvalue weighted by atomic mass is 10.1. The predicted molar refractivity (Wildman–Crippen MR) is 116 cm³/mol. The summed E-state index contributed by atoms with van der Waals surface area (Å²) in [5.41, 5.74) is 2.74. The van der Waals surface area contributed by atoms with Crippen molar-refractivity contribution in [2.24, 2.45) is 0 Å². The second kappa shape index (κ2) is 8.14. The molecule has 0 spiro atoms. The van der Waals surface area contributed by atoms with Crippen LogP contribution in [0, 0.1) is 0 Å². The highest BCUT2D eigenvalue weighted by molar-refractivity contribution is 8.04. The smallest absolute Gasteiger partial charge is 0.342 e. The SMILES string of the molecule is CCn1cc(/C=C(\Sc2n[nH]c(-c3ccc(Cl)cc3)n2)C(=O)O)c2ccccc21. The highest BCUT2D eigenvalue weighted by Gasteiger charge is 2.16. The number of carboxylic acid groups (broad SMARTS) is 1. The van der Waals surface area contributed by atoms with Crippen molar-refractivity contribution >= 4 is 46.3 Å². The minimum absolute atomic E-state index is 0.144. The Bertz CT molecular complexity index is 1210. The van der Waals surface area contributed by atoms with Gasteiger partial charge in [-0.1, -0.05) is 29.8 Å². The van der Waals surface area contributed by atoms with E-state index in [2.05, 4.69) is 26.7 Å². The molecule has 8 heteroatoms. The van der Waals surface area contributed by atoms with Crippen LogP contribution in [0.2, 0.25) is 5.02 Å². The molecule has 0 aliphatic carbocycles. The van der Waals surface area contributed by atoms with Crippen LogP contribution in [0.5, 0.6) is 0 Å². The topological polar surface area (TPSA) is 83.8 Å². The van der Waals surface area contributed by atoms with Crippen LogP contribution in [0.4, 0.5) is 0 Å². The van der Waals surface area contributed by atoms with Crippen molar-refractivity contribution in [3.63, 3.8) is 0 Å². The number of fused-ring (bicyclic) bond motifs is 1. The Kier molecular flexibility index (Phi) is 5.42. The molecular weight excluding hydrogens is 408 g/mol. The van der Waals surface area contributed by atoms with Gasteiger partial charge in [0, 0.05) is 39.8 Å². The zero-order valence-corrected chi connectivity index (χ0v) is 17.0. The van der Waals surface area contributed by atoms with Gasteiger partial charge in [0.05, 0.1) is 0 Å². The summed E-state index contributed by atoms with van der Waals surface area (Å²) in [6, 6.07) is 15.1. The molecule has 0 atom stereocenters. The lowest BCUT2D eigenvalue weighted by molar-refractivity contribution is -0.131. The normalized spacial score (nSPS) is 11.9. The minimum Gasteiger partial charge on any atom is -0.477 e. The maximum absolute atomic E-state index is 11.9. The molecule has 0 saturated carbocycles. The molecule has 4 aromatic rings. The Morgan fingerprint density at radius 2 is 2.00 bits per heavy atom. The standard InChI is InChI=1S/C21H17ClN4O2S/c1-2-26-12-14(16-5-3-4-6-17(16)26)11-18(20(27)28)29-21-23-19(24-25-21)13-7-9-15(22)10-8-13/h3-12H,2H2,1H3,(H,27,28)(H,23,24,25)/b18-11-. The van der Waals surface area contributed by atoms with E-state index in [4.69, 9.17) is 11.6 Å². The molecular formula is C21H17ClN4O2S. The summed E-state index contributed by atoms with van der Waals surface area (Å²) in [4.78, 5) is 16.4. The van der Waals surface area contributed by atoms with Crippen LogP contribution in [0.3, 0.4) is 0 Å². The van der Waals surface area contributed by atoms with Gasteiger partial charge in [0.25, 0.3) is 0 Å². The fourth-order valence-electron chi connectivity index (χ4n) is 3.06. The summed E-state index contributed by atoms with van der Waals surface area (Å²) in [7, 11) is 0. The number of hydrogen-bond acceptors (Lipinski definition) is 4. The molecule has 0 aliphatic rings. The van der Waals surface area contributed by atoms with Gasteiger partial charge in [0.2, 0.25) is 5.16 Å². The summed E-state index contributed by atoms with van der Waals surface area (Å²) in [6.07, 6.45) is 3.63. The molecule has 146 valence electrons. The Morgan fingerprint density at radius 1 is 1.24 bits per heavy atom. The van der Waals surface area contributed by atoms with Crippen molar-refractivity contribution in [3.8, 4) is 11.4 Å². The average Bonchev–Trinajstić information content (AvgIpc) is 3.33. The van der Waals surface area contributed by atoms with Crippen LogP contribution in [-0.4, -0.2) is 30.8 Å². The van der Waals surface area contributed by atoms with E-state index in [-0.39, 0.29) is 4.91 Å². The van der Waals surface area contributed by atoms with Crippen LogP contribution in [0.25, 0.3) is 28.4 Å². The Morgan fingerprint density at radius 3 is 2.72 bits per heavy atom. The fraction of sp³-hybridized carbons (Fsp3) is 0.0952.